The zero-order valence-corrected chi connectivity index (χ0v) is 17.7. The van der Waals surface area contributed by atoms with E-state index in [4.69, 9.17) is 0 Å². The van der Waals surface area contributed by atoms with Crippen LogP contribution in [-0.2, 0) is 16.6 Å². The predicted molar refractivity (Wildman–Crippen MR) is 113 cm³/mol. The van der Waals surface area contributed by atoms with Crippen LogP contribution in [0.2, 0.25) is 0 Å². The molecule has 0 spiro atoms. The van der Waals surface area contributed by atoms with Gasteiger partial charge in [-0.05, 0) is 31.4 Å². The summed E-state index contributed by atoms with van der Waals surface area (Å²) in [4.78, 5) is 12.7. The SMILES string of the molecule is CCC[C@H](NCCc1ccccc1)C(=O)Nc1nnc(C(C)(C)CCC)s1. The number of hydrogen-bond donors (Lipinski definition) is 2. The highest BCUT2D eigenvalue weighted by atomic mass is 32.1. The number of benzene rings is 1. The first-order chi connectivity index (χ1) is 13.0. The number of anilines is 1. The summed E-state index contributed by atoms with van der Waals surface area (Å²) in [5.74, 6) is -0.0269. The van der Waals surface area contributed by atoms with Crippen molar-refractivity contribution in [3.05, 3.63) is 40.9 Å². The van der Waals surface area contributed by atoms with Crippen molar-refractivity contribution in [3.8, 4) is 0 Å². The van der Waals surface area contributed by atoms with E-state index in [0.29, 0.717) is 5.13 Å². The van der Waals surface area contributed by atoms with Gasteiger partial charge < -0.3 is 5.32 Å². The second-order valence-corrected chi connectivity index (χ2v) is 8.54. The number of nitrogens with one attached hydrogen (secondary N) is 2. The Labute approximate surface area is 167 Å². The lowest BCUT2D eigenvalue weighted by Gasteiger charge is -2.19. The van der Waals surface area contributed by atoms with Crippen LogP contribution in [0.4, 0.5) is 5.13 Å². The maximum atomic E-state index is 12.7. The Kier molecular flexibility index (Phi) is 8.38. The third-order valence-corrected chi connectivity index (χ3v) is 5.85. The molecule has 2 rings (SSSR count). The van der Waals surface area contributed by atoms with E-state index in [2.05, 4.69) is 60.7 Å². The van der Waals surface area contributed by atoms with Crippen LogP contribution in [0.1, 0.15) is 63.9 Å². The van der Waals surface area contributed by atoms with E-state index in [1.807, 2.05) is 18.2 Å². The van der Waals surface area contributed by atoms with Gasteiger partial charge in [0.1, 0.15) is 5.01 Å². The molecule has 148 valence electrons. The molecule has 0 saturated heterocycles. The summed E-state index contributed by atoms with van der Waals surface area (Å²) < 4.78 is 0. The minimum Gasteiger partial charge on any atom is -0.306 e. The highest BCUT2D eigenvalue weighted by molar-refractivity contribution is 7.15. The predicted octanol–water partition coefficient (Wildman–Crippen LogP) is 4.56. The first kappa shape index (κ1) is 21.5. The third kappa shape index (κ3) is 6.70. The molecule has 1 aromatic heterocycles. The Morgan fingerprint density at radius 3 is 2.56 bits per heavy atom. The molecule has 0 aliphatic heterocycles. The van der Waals surface area contributed by atoms with Crippen molar-refractivity contribution >= 4 is 22.4 Å². The number of carbonyl (C=O) groups is 1. The quantitative estimate of drug-likeness (QED) is 0.592. The second kappa shape index (κ2) is 10.5. The van der Waals surface area contributed by atoms with Crippen LogP contribution in [-0.4, -0.2) is 28.7 Å². The number of amides is 1. The average molecular weight is 389 g/mol. The molecule has 0 aliphatic rings. The molecule has 2 aromatic rings. The topological polar surface area (TPSA) is 66.9 Å². The van der Waals surface area contributed by atoms with E-state index in [0.717, 1.165) is 43.7 Å². The molecule has 27 heavy (non-hydrogen) atoms. The van der Waals surface area contributed by atoms with Gasteiger partial charge in [-0.3, -0.25) is 10.1 Å². The zero-order chi connectivity index (χ0) is 19.7. The lowest BCUT2D eigenvalue weighted by molar-refractivity contribution is -0.118. The molecule has 1 aromatic carbocycles. The lowest BCUT2D eigenvalue weighted by atomic mass is 9.89. The van der Waals surface area contributed by atoms with Crippen molar-refractivity contribution in [3.63, 3.8) is 0 Å². The van der Waals surface area contributed by atoms with E-state index >= 15 is 0 Å². The Morgan fingerprint density at radius 2 is 1.89 bits per heavy atom. The third-order valence-electron chi connectivity index (χ3n) is 4.65. The van der Waals surface area contributed by atoms with Crippen molar-refractivity contribution in [2.24, 2.45) is 0 Å². The van der Waals surface area contributed by atoms with Gasteiger partial charge in [0.2, 0.25) is 11.0 Å². The van der Waals surface area contributed by atoms with Gasteiger partial charge in [-0.15, -0.1) is 10.2 Å². The van der Waals surface area contributed by atoms with E-state index in [-0.39, 0.29) is 17.4 Å². The molecular formula is C21H32N4OS. The summed E-state index contributed by atoms with van der Waals surface area (Å²) in [5.41, 5.74) is 1.26. The molecule has 5 nitrogen and oxygen atoms in total. The van der Waals surface area contributed by atoms with Crippen LogP contribution in [0, 0.1) is 0 Å². The number of nitrogens with zero attached hydrogens (tertiary/aromatic N) is 2. The fraction of sp³-hybridized carbons (Fsp3) is 0.571. The summed E-state index contributed by atoms with van der Waals surface area (Å²) in [6.07, 6.45) is 4.80. The van der Waals surface area contributed by atoms with Crippen LogP contribution in [0.25, 0.3) is 0 Å². The minimum atomic E-state index is -0.213. The Morgan fingerprint density at radius 1 is 1.15 bits per heavy atom. The Hall–Kier alpha value is -1.79. The molecule has 6 heteroatoms. The lowest BCUT2D eigenvalue weighted by Crippen LogP contribution is -2.41. The molecule has 1 amide bonds. The Bertz CT molecular complexity index is 699. The van der Waals surface area contributed by atoms with Crippen LogP contribution < -0.4 is 10.6 Å². The summed E-state index contributed by atoms with van der Waals surface area (Å²) in [5, 5.41) is 16.4. The second-order valence-electron chi connectivity index (χ2n) is 7.57. The fourth-order valence-electron chi connectivity index (χ4n) is 3.12. The molecule has 0 saturated carbocycles. The van der Waals surface area contributed by atoms with Gasteiger partial charge in [0.25, 0.3) is 0 Å². The molecule has 0 radical (unpaired) electrons. The molecule has 1 atom stereocenters. The first-order valence-electron chi connectivity index (χ1n) is 9.88. The van der Waals surface area contributed by atoms with Crippen molar-refractivity contribution in [2.45, 2.75) is 71.3 Å². The largest absolute Gasteiger partial charge is 0.306 e. The van der Waals surface area contributed by atoms with Gasteiger partial charge in [0, 0.05) is 5.41 Å². The van der Waals surface area contributed by atoms with Crippen LogP contribution in [0.3, 0.4) is 0 Å². The smallest absolute Gasteiger partial charge is 0.243 e. The van der Waals surface area contributed by atoms with Gasteiger partial charge in [0.15, 0.2) is 0 Å². The van der Waals surface area contributed by atoms with E-state index in [9.17, 15) is 4.79 Å². The average Bonchev–Trinajstić information content (AvgIpc) is 3.11. The van der Waals surface area contributed by atoms with Crippen LogP contribution >= 0.6 is 11.3 Å². The van der Waals surface area contributed by atoms with Gasteiger partial charge in [-0.1, -0.05) is 82.2 Å². The monoisotopic (exact) mass is 388 g/mol. The molecule has 0 aliphatic carbocycles. The summed E-state index contributed by atoms with van der Waals surface area (Å²) in [6.45, 7) is 9.38. The van der Waals surface area contributed by atoms with Crippen molar-refractivity contribution < 1.29 is 4.79 Å². The summed E-state index contributed by atoms with van der Waals surface area (Å²) in [7, 11) is 0. The first-order valence-corrected chi connectivity index (χ1v) is 10.7. The highest BCUT2D eigenvalue weighted by Gasteiger charge is 2.25. The van der Waals surface area contributed by atoms with Gasteiger partial charge in [-0.2, -0.15) is 0 Å². The summed E-state index contributed by atoms with van der Waals surface area (Å²) in [6, 6.07) is 10.1. The number of rotatable bonds is 11. The van der Waals surface area contributed by atoms with Crippen molar-refractivity contribution in [1.82, 2.24) is 15.5 Å². The van der Waals surface area contributed by atoms with E-state index in [1.54, 1.807) is 0 Å². The number of hydrogen-bond acceptors (Lipinski definition) is 5. The van der Waals surface area contributed by atoms with Gasteiger partial charge >= 0.3 is 0 Å². The molecule has 2 N–H and O–H groups in total. The molecular weight excluding hydrogens is 356 g/mol. The van der Waals surface area contributed by atoms with E-state index < -0.39 is 0 Å². The van der Waals surface area contributed by atoms with Crippen LogP contribution in [0.5, 0.6) is 0 Å². The molecule has 0 unspecified atom stereocenters. The van der Waals surface area contributed by atoms with E-state index in [1.165, 1.54) is 16.9 Å². The standard InChI is InChI=1S/C21H32N4OS/c1-5-10-17(22-15-13-16-11-8-7-9-12-16)18(26)23-20-25-24-19(27-20)21(3,4)14-6-2/h7-9,11-12,17,22H,5-6,10,13-15H2,1-4H3,(H,23,25,26)/t17-/m0/s1. The van der Waals surface area contributed by atoms with Gasteiger partial charge in [0.05, 0.1) is 6.04 Å². The maximum Gasteiger partial charge on any atom is 0.243 e. The Balaban J connectivity index is 1.91. The van der Waals surface area contributed by atoms with Crippen molar-refractivity contribution in [1.29, 1.82) is 0 Å². The maximum absolute atomic E-state index is 12.7. The molecule has 0 bridgehead atoms. The highest BCUT2D eigenvalue weighted by Crippen LogP contribution is 2.32. The molecule has 1 heterocycles. The fourth-order valence-corrected chi connectivity index (χ4v) is 4.00. The van der Waals surface area contributed by atoms with Gasteiger partial charge in [-0.25, -0.2) is 0 Å². The van der Waals surface area contributed by atoms with Crippen LogP contribution in [0.15, 0.2) is 30.3 Å². The number of carbonyl (C=O) groups excluding carboxylic acids is 1. The molecule has 0 fully saturated rings. The number of aromatic nitrogens is 2. The van der Waals surface area contributed by atoms with Crippen molar-refractivity contribution in [2.75, 3.05) is 11.9 Å². The minimum absolute atomic E-state index is 0.00779. The zero-order valence-electron chi connectivity index (χ0n) is 16.9. The normalized spacial score (nSPS) is 12.7. The summed E-state index contributed by atoms with van der Waals surface area (Å²) >= 11 is 1.48.